The predicted octanol–water partition coefficient (Wildman–Crippen LogP) is -0.352. The van der Waals surface area contributed by atoms with Gasteiger partial charge in [-0.2, -0.15) is 10.1 Å². The normalized spacial score (nSPS) is 14.9. The van der Waals surface area contributed by atoms with Crippen LogP contribution < -0.4 is 20.3 Å². The molecule has 1 saturated heterocycles. The Balaban J connectivity index is 1.72. The zero-order valence-electron chi connectivity index (χ0n) is 16.8. The number of fused-ring (bicyclic) bond motifs is 1. The molecular weight excluding hydrogens is 400 g/mol. The van der Waals surface area contributed by atoms with E-state index in [2.05, 4.69) is 35.2 Å². The van der Waals surface area contributed by atoms with Crippen molar-refractivity contribution >= 4 is 38.9 Å². The predicted molar refractivity (Wildman–Crippen MR) is 108 cm³/mol. The molecule has 13 heteroatoms. The van der Waals surface area contributed by atoms with Gasteiger partial charge in [0.15, 0.2) is 5.82 Å². The van der Waals surface area contributed by atoms with Crippen LogP contribution in [0.4, 0.5) is 16.6 Å². The highest BCUT2D eigenvalue weighted by Crippen LogP contribution is 2.25. The van der Waals surface area contributed by atoms with Crippen LogP contribution in [0, 0.1) is 0 Å². The Bertz CT molecular complexity index is 984. The number of anilines is 2. The summed E-state index contributed by atoms with van der Waals surface area (Å²) in [5, 5.41) is 10.0. The molecule has 12 nitrogen and oxygen atoms in total. The molecule has 3 N–H and O–H groups in total. The molecule has 2 aromatic heterocycles. The summed E-state index contributed by atoms with van der Waals surface area (Å²) in [6, 6.07) is -0.202. The van der Waals surface area contributed by atoms with Gasteiger partial charge in [0.1, 0.15) is 11.0 Å². The van der Waals surface area contributed by atoms with Crippen LogP contribution in [0.25, 0.3) is 11.0 Å². The van der Waals surface area contributed by atoms with Gasteiger partial charge in [-0.25, -0.2) is 22.9 Å². The Hall–Kier alpha value is -2.67. The molecule has 1 amide bonds. The van der Waals surface area contributed by atoms with E-state index in [1.807, 2.05) is 4.90 Å². The number of rotatable bonds is 8. The number of ether oxygens (including phenoxy) is 1. The van der Waals surface area contributed by atoms with E-state index in [1.54, 1.807) is 31.8 Å². The number of hydrogen-bond acceptors (Lipinski definition) is 9. The second kappa shape index (κ2) is 8.37. The van der Waals surface area contributed by atoms with E-state index in [-0.39, 0.29) is 24.4 Å². The first-order chi connectivity index (χ1) is 13.7. The highest BCUT2D eigenvalue weighted by molar-refractivity contribution is 7.89. The first-order valence-electron chi connectivity index (χ1n) is 9.21. The molecule has 0 radical (unpaired) electrons. The van der Waals surface area contributed by atoms with Crippen LogP contribution in [0.5, 0.6) is 0 Å². The number of methoxy groups -OCH3 is 1. The number of sulfonamides is 1. The van der Waals surface area contributed by atoms with Crippen molar-refractivity contribution in [1.29, 1.82) is 0 Å². The second-order valence-corrected chi connectivity index (χ2v) is 9.00. The average molecular weight is 427 g/mol. The molecule has 0 spiro atoms. The van der Waals surface area contributed by atoms with Crippen LogP contribution in [-0.2, 0) is 21.8 Å². The van der Waals surface area contributed by atoms with E-state index < -0.39 is 16.1 Å². The molecule has 1 fully saturated rings. The van der Waals surface area contributed by atoms with Crippen LogP contribution in [0.1, 0.15) is 13.8 Å². The zero-order valence-corrected chi connectivity index (χ0v) is 17.7. The lowest BCUT2D eigenvalue weighted by Gasteiger charge is -2.39. The Labute approximate surface area is 169 Å². The second-order valence-electron chi connectivity index (χ2n) is 7.13. The number of aryl methyl sites for hydroxylation is 1. The lowest BCUT2D eigenvalue weighted by Crippen LogP contribution is -2.60. The van der Waals surface area contributed by atoms with Gasteiger partial charge in [0.05, 0.1) is 25.1 Å². The van der Waals surface area contributed by atoms with Gasteiger partial charge in [0.2, 0.25) is 16.0 Å². The van der Waals surface area contributed by atoms with Crippen LogP contribution >= 0.6 is 0 Å². The van der Waals surface area contributed by atoms with Crippen molar-refractivity contribution in [3.05, 3.63) is 6.20 Å². The molecule has 0 unspecified atom stereocenters. The summed E-state index contributed by atoms with van der Waals surface area (Å²) in [6.45, 7) is 4.83. The maximum atomic E-state index is 12.0. The number of carbonyl (C=O) groups is 1. The van der Waals surface area contributed by atoms with E-state index >= 15 is 0 Å². The van der Waals surface area contributed by atoms with Crippen molar-refractivity contribution in [2.75, 3.05) is 42.7 Å². The minimum atomic E-state index is -3.38. The van der Waals surface area contributed by atoms with Crippen molar-refractivity contribution < 1.29 is 17.9 Å². The standard InChI is InChI=1S/C16H26N8O4S/c1-10(2)22-29(26,27)6-5-17-14-13-12(7-18-23(13)3)20-15(21-14)24-8-11(9-24)19-16(25)28-4/h7,10-11,22H,5-6,8-9H2,1-4H3,(H,19,25)(H,17,20,21). The minimum absolute atomic E-state index is 0.0423. The molecule has 160 valence electrons. The monoisotopic (exact) mass is 426 g/mol. The minimum Gasteiger partial charge on any atom is -0.453 e. The number of nitrogens with one attached hydrogen (secondary N) is 3. The summed E-state index contributed by atoms with van der Waals surface area (Å²) in [5.41, 5.74) is 1.33. The average Bonchev–Trinajstić information content (AvgIpc) is 2.97. The molecule has 2 aromatic rings. The van der Waals surface area contributed by atoms with Crippen molar-refractivity contribution in [3.63, 3.8) is 0 Å². The van der Waals surface area contributed by atoms with Crippen LogP contribution in [-0.4, -0.2) is 78.8 Å². The van der Waals surface area contributed by atoms with Gasteiger partial charge in [0.25, 0.3) is 0 Å². The van der Waals surface area contributed by atoms with Crippen molar-refractivity contribution in [2.45, 2.75) is 25.9 Å². The lowest BCUT2D eigenvalue weighted by atomic mass is 10.1. The van der Waals surface area contributed by atoms with Gasteiger partial charge in [-0.3, -0.25) is 4.68 Å². The molecular formula is C16H26N8O4S. The molecule has 3 rings (SSSR count). The highest BCUT2D eigenvalue weighted by atomic mass is 32.2. The number of hydrogen-bond donors (Lipinski definition) is 3. The van der Waals surface area contributed by atoms with E-state index in [0.717, 1.165) is 0 Å². The maximum Gasteiger partial charge on any atom is 0.407 e. The molecule has 3 heterocycles. The van der Waals surface area contributed by atoms with Crippen molar-refractivity contribution in [3.8, 4) is 0 Å². The summed E-state index contributed by atoms with van der Waals surface area (Å²) in [7, 11) is -0.292. The fraction of sp³-hybridized carbons (Fsp3) is 0.625. The fourth-order valence-electron chi connectivity index (χ4n) is 3.01. The van der Waals surface area contributed by atoms with E-state index in [9.17, 15) is 13.2 Å². The number of alkyl carbamates (subject to hydrolysis) is 1. The number of aromatic nitrogens is 4. The lowest BCUT2D eigenvalue weighted by molar-refractivity contribution is 0.164. The van der Waals surface area contributed by atoms with Crippen LogP contribution in [0.2, 0.25) is 0 Å². The SMILES string of the molecule is COC(=O)NC1CN(c2nc(NCCS(=O)(=O)NC(C)C)c3c(cnn3C)n2)C1. The van der Waals surface area contributed by atoms with E-state index in [4.69, 9.17) is 0 Å². The van der Waals surface area contributed by atoms with Crippen molar-refractivity contribution in [2.24, 2.45) is 7.05 Å². The first kappa shape index (κ1) is 21.0. The Morgan fingerprint density at radius 1 is 1.34 bits per heavy atom. The van der Waals surface area contributed by atoms with Gasteiger partial charge < -0.3 is 20.3 Å². The van der Waals surface area contributed by atoms with E-state index in [0.29, 0.717) is 35.9 Å². The molecule has 0 aromatic carbocycles. The smallest absolute Gasteiger partial charge is 0.407 e. The number of nitrogens with zero attached hydrogens (tertiary/aromatic N) is 5. The summed E-state index contributed by atoms with van der Waals surface area (Å²) in [4.78, 5) is 22.3. The highest BCUT2D eigenvalue weighted by Gasteiger charge is 2.31. The zero-order chi connectivity index (χ0) is 21.2. The molecule has 1 aliphatic heterocycles. The quantitative estimate of drug-likeness (QED) is 0.516. The van der Waals surface area contributed by atoms with Gasteiger partial charge in [0, 0.05) is 32.7 Å². The number of carbonyl (C=O) groups excluding carboxylic acids is 1. The molecule has 0 saturated carbocycles. The Morgan fingerprint density at radius 3 is 2.72 bits per heavy atom. The molecule has 1 aliphatic rings. The topological polar surface area (TPSA) is 143 Å². The largest absolute Gasteiger partial charge is 0.453 e. The summed E-state index contributed by atoms with van der Waals surface area (Å²) < 4.78 is 32.9. The third-order valence-electron chi connectivity index (χ3n) is 4.33. The van der Waals surface area contributed by atoms with Crippen LogP contribution in [0.15, 0.2) is 6.20 Å². The van der Waals surface area contributed by atoms with Gasteiger partial charge >= 0.3 is 6.09 Å². The summed E-state index contributed by atoms with van der Waals surface area (Å²) >= 11 is 0. The molecule has 0 aliphatic carbocycles. The number of amides is 1. The van der Waals surface area contributed by atoms with Gasteiger partial charge in [-0.1, -0.05) is 0 Å². The van der Waals surface area contributed by atoms with Crippen molar-refractivity contribution in [1.82, 2.24) is 29.8 Å². The third-order valence-corrected chi connectivity index (χ3v) is 5.90. The molecule has 29 heavy (non-hydrogen) atoms. The van der Waals surface area contributed by atoms with Gasteiger partial charge in [-0.05, 0) is 13.8 Å². The third kappa shape index (κ3) is 5.03. The van der Waals surface area contributed by atoms with Crippen LogP contribution in [0.3, 0.4) is 0 Å². The molecule has 0 atom stereocenters. The molecule has 0 bridgehead atoms. The maximum absolute atomic E-state index is 12.0. The first-order valence-corrected chi connectivity index (χ1v) is 10.9. The Kier molecular flexibility index (Phi) is 6.07. The summed E-state index contributed by atoms with van der Waals surface area (Å²) in [6.07, 6.45) is 1.16. The Morgan fingerprint density at radius 2 is 2.07 bits per heavy atom. The summed E-state index contributed by atoms with van der Waals surface area (Å²) in [5.74, 6) is 0.909. The fourth-order valence-corrected chi connectivity index (χ4v) is 4.22. The van der Waals surface area contributed by atoms with E-state index in [1.165, 1.54) is 7.11 Å². The van der Waals surface area contributed by atoms with Gasteiger partial charge in [-0.15, -0.1) is 0 Å².